The summed E-state index contributed by atoms with van der Waals surface area (Å²) in [6, 6.07) is 15.6. The van der Waals surface area contributed by atoms with Crippen LogP contribution in [0.25, 0.3) is 10.9 Å². The Bertz CT molecular complexity index is 894. The van der Waals surface area contributed by atoms with Crippen molar-refractivity contribution < 1.29 is 14.3 Å². The van der Waals surface area contributed by atoms with Gasteiger partial charge in [0.05, 0.1) is 10.9 Å². The molecule has 3 aromatic rings. The maximum Gasteiger partial charge on any atom is 0.419 e. The zero-order valence-corrected chi connectivity index (χ0v) is 16.0. The van der Waals surface area contributed by atoms with Gasteiger partial charge in [-0.3, -0.25) is 4.57 Å². The van der Waals surface area contributed by atoms with Gasteiger partial charge in [-0.05, 0) is 54.4 Å². The number of rotatable bonds is 3. The number of aromatic nitrogens is 1. The standard InChI is InChI=1S/C20H20BrNO3/c1-20(2,3)25-19(23)22-12-15(21)18-16(22)10-7-11-17(18)24-13-14-8-5-4-6-9-14/h4-12H,13H2,1-3H3. The minimum Gasteiger partial charge on any atom is -0.488 e. The second-order valence-electron chi connectivity index (χ2n) is 6.75. The first-order valence-electron chi connectivity index (χ1n) is 8.05. The zero-order valence-electron chi connectivity index (χ0n) is 14.5. The van der Waals surface area contributed by atoms with E-state index in [-0.39, 0.29) is 0 Å². The van der Waals surface area contributed by atoms with Gasteiger partial charge in [-0.15, -0.1) is 0 Å². The zero-order chi connectivity index (χ0) is 18.0. The van der Waals surface area contributed by atoms with Gasteiger partial charge < -0.3 is 9.47 Å². The molecule has 4 nitrogen and oxygen atoms in total. The van der Waals surface area contributed by atoms with E-state index >= 15 is 0 Å². The van der Waals surface area contributed by atoms with Gasteiger partial charge in [0.1, 0.15) is 18.0 Å². The van der Waals surface area contributed by atoms with Crippen LogP contribution in [0, 0.1) is 0 Å². The molecule has 0 bridgehead atoms. The van der Waals surface area contributed by atoms with Crippen molar-refractivity contribution in [3.05, 3.63) is 64.8 Å². The molecule has 1 heterocycles. The second-order valence-corrected chi connectivity index (χ2v) is 7.61. The Morgan fingerprint density at radius 1 is 1.08 bits per heavy atom. The number of carbonyl (C=O) groups excluding carboxylic acids is 1. The number of ether oxygens (including phenoxy) is 2. The van der Waals surface area contributed by atoms with E-state index in [0.717, 1.165) is 26.7 Å². The highest BCUT2D eigenvalue weighted by atomic mass is 79.9. The van der Waals surface area contributed by atoms with Gasteiger partial charge in [-0.1, -0.05) is 36.4 Å². The maximum atomic E-state index is 12.5. The van der Waals surface area contributed by atoms with Crippen molar-refractivity contribution in [2.45, 2.75) is 33.0 Å². The van der Waals surface area contributed by atoms with Gasteiger partial charge in [-0.25, -0.2) is 4.79 Å². The van der Waals surface area contributed by atoms with Crippen LogP contribution in [0.1, 0.15) is 26.3 Å². The highest BCUT2D eigenvalue weighted by Crippen LogP contribution is 2.35. The molecule has 0 aliphatic rings. The van der Waals surface area contributed by atoms with Gasteiger partial charge in [0.25, 0.3) is 0 Å². The minimum atomic E-state index is -0.554. The van der Waals surface area contributed by atoms with E-state index in [4.69, 9.17) is 9.47 Å². The smallest absolute Gasteiger partial charge is 0.419 e. The summed E-state index contributed by atoms with van der Waals surface area (Å²) in [5, 5.41) is 0.851. The molecular weight excluding hydrogens is 382 g/mol. The van der Waals surface area contributed by atoms with Crippen molar-refractivity contribution in [1.82, 2.24) is 4.57 Å². The molecule has 0 saturated carbocycles. The quantitative estimate of drug-likeness (QED) is 0.559. The summed E-state index contributed by atoms with van der Waals surface area (Å²) in [5.41, 5.74) is 1.27. The fourth-order valence-corrected chi connectivity index (χ4v) is 3.13. The lowest BCUT2D eigenvalue weighted by atomic mass is 10.2. The first-order valence-corrected chi connectivity index (χ1v) is 8.84. The predicted molar refractivity (Wildman–Crippen MR) is 102 cm³/mol. The molecule has 0 atom stereocenters. The maximum absolute atomic E-state index is 12.5. The number of fused-ring (bicyclic) bond motifs is 1. The Morgan fingerprint density at radius 2 is 1.80 bits per heavy atom. The summed E-state index contributed by atoms with van der Waals surface area (Å²) < 4.78 is 13.8. The number of hydrogen-bond donors (Lipinski definition) is 0. The van der Waals surface area contributed by atoms with Crippen molar-refractivity contribution in [3.8, 4) is 5.75 Å². The van der Waals surface area contributed by atoms with Crippen molar-refractivity contribution in [2.75, 3.05) is 0 Å². The van der Waals surface area contributed by atoms with E-state index in [1.165, 1.54) is 4.57 Å². The lowest BCUT2D eigenvalue weighted by molar-refractivity contribution is 0.0544. The number of carbonyl (C=O) groups is 1. The third-order valence-corrected chi connectivity index (χ3v) is 4.17. The predicted octanol–water partition coefficient (Wildman–Crippen LogP) is 5.77. The van der Waals surface area contributed by atoms with Gasteiger partial charge in [0, 0.05) is 10.7 Å². The highest BCUT2D eigenvalue weighted by molar-refractivity contribution is 9.10. The summed E-state index contributed by atoms with van der Waals surface area (Å²) in [4.78, 5) is 12.5. The average molecular weight is 402 g/mol. The van der Waals surface area contributed by atoms with Crippen LogP contribution < -0.4 is 4.74 Å². The fourth-order valence-electron chi connectivity index (χ4n) is 2.53. The van der Waals surface area contributed by atoms with E-state index in [2.05, 4.69) is 15.9 Å². The number of benzene rings is 2. The average Bonchev–Trinajstić information content (AvgIpc) is 2.90. The van der Waals surface area contributed by atoms with Gasteiger partial charge in [-0.2, -0.15) is 0 Å². The molecule has 0 spiro atoms. The number of hydrogen-bond acceptors (Lipinski definition) is 3. The normalized spacial score (nSPS) is 11.5. The van der Waals surface area contributed by atoms with Crippen LogP contribution in [-0.4, -0.2) is 16.3 Å². The van der Waals surface area contributed by atoms with Gasteiger partial charge >= 0.3 is 6.09 Å². The SMILES string of the molecule is CC(C)(C)OC(=O)n1cc(Br)c2c(OCc3ccccc3)cccc21. The third-order valence-electron chi connectivity index (χ3n) is 3.57. The molecule has 5 heteroatoms. The molecule has 0 amide bonds. The third kappa shape index (κ3) is 4.04. The van der Waals surface area contributed by atoms with Crippen LogP contribution in [-0.2, 0) is 11.3 Å². The van der Waals surface area contributed by atoms with E-state index < -0.39 is 11.7 Å². The van der Waals surface area contributed by atoms with Crippen LogP contribution in [0.2, 0.25) is 0 Å². The molecule has 2 aromatic carbocycles. The Labute approximate surface area is 155 Å². The number of nitrogens with zero attached hydrogens (tertiary/aromatic N) is 1. The molecule has 0 radical (unpaired) electrons. The summed E-state index contributed by atoms with van der Waals surface area (Å²) >= 11 is 3.53. The minimum absolute atomic E-state index is 0.414. The van der Waals surface area contributed by atoms with Gasteiger partial charge in [0.2, 0.25) is 0 Å². The molecule has 1 aromatic heterocycles. The summed E-state index contributed by atoms with van der Waals surface area (Å²) in [6.07, 6.45) is 1.30. The van der Waals surface area contributed by atoms with E-state index in [0.29, 0.717) is 6.61 Å². The van der Waals surface area contributed by atoms with Crippen LogP contribution in [0.15, 0.2) is 59.2 Å². The first kappa shape index (κ1) is 17.5. The lowest BCUT2D eigenvalue weighted by Gasteiger charge is -2.19. The second kappa shape index (κ2) is 6.92. The highest BCUT2D eigenvalue weighted by Gasteiger charge is 2.21. The lowest BCUT2D eigenvalue weighted by Crippen LogP contribution is -2.26. The van der Waals surface area contributed by atoms with Crippen LogP contribution in [0.5, 0.6) is 5.75 Å². The van der Waals surface area contributed by atoms with E-state index in [1.807, 2.05) is 69.3 Å². The van der Waals surface area contributed by atoms with Crippen LogP contribution in [0.4, 0.5) is 4.79 Å². The summed E-state index contributed by atoms with van der Waals surface area (Å²) in [7, 11) is 0. The van der Waals surface area contributed by atoms with Crippen molar-refractivity contribution in [1.29, 1.82) is 0 Å². The largest absolute Gasteiger partial charge is 0.488 e. The molecular formula is C20H20BrNO3. The molecule has 0 saturated heterocycles. The molecule has 0 aliphatic heterocycles. The molecule has 0 fully saturated rings. The molecule has 25 heavy (non-hydrogen) atoms. The molecule has 3 rings (SSSR count). The van der Waals surface area contributed by atoms with E-state index in [1.54, 1.807) is 6.20 Å². The fraction of sp³-hybridized carbons (Fsp3) is 0.250. The summed E-state index contributed by atoms with van der Waals surface area (Å²) in [6.45, 7) is 6.00. The monoisotopic (exact) mass is 401 g/mol. The van der Waals surface area contributed by atoms with Crippen LogP contribution >= 0.6 is 15.9 Å². The van der Waals surface area contributed by atoms with Crippen molar-refractivity contribution in [2.24, 2.45) is 0 Å². The van der Waals surface area contributed by atoms with E-state index in [9.17, 15) is 4.79 Å². The Balaban J connectivity index is 1.92. The van der Waals surface area contributed by atoms with Crippen molar-refractivity contribution in [3.63, 3.8) is 0 Å². The Hall–Kier alpha value is -2.27. The van der Waals surface area contributed by atoms with Crippen molar-refractivity contribution >= 4 is 32.9 Å². The topological polar surface area (TPSA) is 40.5 Å². The molecule has 0 unspecified atom stereocenters. The Kier molecular flexibility index (Phi) is 4.86. The summed E-state index contributed by atoms with van der Waals surface area (Å²) in [5.74, 6) is 0.718. The number of halogens is 1. The molecule has 0 N–H and O–H groups in total. The molecule has 130 valence electrons. The first-order chi connectivity index (χ1) is 11.8. The van der Waals surface area contributed by atoms with Crippen LogP contribution in [0.3, 0.4) is 0 Å². The Morgan fingerprint density at radius 3 is 2.48 bits per heavy atom. The van der Waals surface area contributed by atoms with Gasteiger partial charge in [0.15, 0.2) is 0 Å². The molecule has 0 aliphatic carbocycles.